The molecule has 0 bridgehead atoms. The van der Waals surface area contributed by atoms with Gasteiger partial charge >= 0.3 is 0 Å². The molecule has 3 aromatic rings. The quantitative estimate of drug-likeness (QED) is 0.382. The number of rotatable bonds is 8. The molecule has 9 heteroatoms. The smallest absolute Gasteiger partial charge is 0.230 e. The number of thiazole rings is 1. The van der Waals surface area contributed by atoms with Crippen LogP contribution in [0.3, 0.4) is 0 Å². The Morgan fingerprint density at radius 2 is 2.00 bits per heavy atom. The first-order valence-electron chi connectivity index (χ1n) is 8.44. The number of thioether (sulfide) groups is 1. The Balaban J connectivity index is 1.51. The van der Waals surface area contributed by atoms with E-state index in [1.54, 1.807) is 36.8 Å². The summed E-state index contributed by atoms with van der Waals surface area (Å²) in [5.41, 5.74) is 1.61. The molecule has 29 heavy (non-hydrogen) atoms. The van der Waals surface area contributed by atoms with Crippen LogP contribution in [0, 0.1) is 5.82 Å². The Morgan fingerprint density at radius 1 is 1.24 bits per heavy atom. The van der Waals surface area contributed by atoms with E-state index >= 15 is 0 Å². The van der Waals surface area contributed by atoms with Crippen LogP contribution in [0.25, 0.3) is 0 Å². The van der Waals surface area contributed by atoms with Crippen LogP contribution in [0.4, 0.5) is 10.1 Å². The largest absolute Gasteiger partial charge is 0.497 e. The maximum Gasteiger partial charge on any atom is 0.230 e. The second-order valence-corrected chi connectivity index (χ2v) is 8.39. The van der Waals surface area contributed by atoms with Gasteiger partial charge < -0.3 is 10.1 Å². The lowest BCUT2D eigenvalue weighted by Crippen LogP contribution is -2.14. The molecule has 0 atom stereocenters. The number of carbonyl (C=O) groups excluding carboxylic acids is 2. The topological polar surface area (TPSA) is 68.3 Å². The molecular weight excluding hydrogens is 435 g/mol. The molecule has 2 aromatic carbocycles. The molecular formula is C20H16ClFN2O3S2. The predicted octanol–water partition coefficient (Wildman–Crippen LogP) is 5.10. The number of ether oxygens (including phenoxy) is 1. The van der Waals surface area contributed by atoms with Gasteiger partial charge in [-0.05, 0) is 42.5 Å². The number of hydrogen-bond acceptors (Lipinski definition) is 6. The van der Waals surface area contributed by atoms with E-state index in [2.05, 4.69) is 10.3 Å². The zero-order valence-corrected chi connectivity index (χ0v) is 17.7. The molecule has 5 nitrogen and oxygen atoms in total. The Morgan fingerprint density at radius 3 is 2.69 bits per heavy atom. The number of benzene rings is 2. The van der Waals surface area contributed by atoms with E-state index in [-0.39, 0.29) is 28.9 Å². The van der Waals surface area contributed by atoms with Crippen molar-refractivity contribution in [3.05, 3.63) is 69.9 Å². The summed E-state index contributed by atoms with van der Waals surface area (Å²) in [6.45, 7) is 0. The summed E-state index contributed by atoms with van der Waals surface area (Å²) in [7, 11) is 1.57. The number of carbonyl (C=O) groups is 2. The van der Waals surface area contributed by atoms with E-state index in [0.717, 1.165) is 0 Å². The highest BCUT2D eigenvalue weighted by Crippen LogP contribution is 2.25. The number of anilines is 1. The van der Waals surface area contributed by atoms with Gasteiger partial charge in [0, 0.05) is 16.6 Å². The number of halogens is 2. The molecule has 1 heterocycles. The van der Waals surface area contributed by atoms with E-state index in [0.29, 0.717) is 27.0 Å². The summed E-state index contributed by atoms with van der Waals surface area (Å²) in [5.74, 6) is 0.0960. The maximum atomic E-state index is 13.2. The first kappa shape index (κ1) is 21.3. The fourth-order valence-electron chi connectivity index (χ4n) is 2.37. The van der Waals surface area contributed by atoms with Crippen LogP contribution in [0.1, 0.15) is 16.1 Å². The van der Waals surface area contributed by atoms with Gasteiger partial charge in [0.25, 0.3) is 0 Å². The van der Waals surface area contributed by atoms with Crippen molar-refractivity contribution in [3.8, 4) is 5.75 Å². The minimum Gasteiger partial charge on any atom is -0.497 e. The zero-order chi connectivity index (χ0) is 20.8. The molecule has 0 aliphatic carbocycles. The van der Waals surface area contributed by atoms with Gasteiger partial charge in [-0.1, -0.05) is 23.4 Å². The Bertz CT molecular complexity index is 1020. The average Bonchev–Trinajstić information content (AvgIpc) is 3.16. The Hall–Kier alpha value is -2.42. The molecule has 0 aliphatic heterocycles. The fourth-order valence-corrected chi connectivity index (χ4v) is 4.29. The number of amides is 1. The molecule has 1 aromatic heterocycles. The van der Waals surface area contributed by atoms with Gasteiger partial charge in [-0.2, -0.15) is 0 Å². The molecule has 0 aliphatic rings. The van der Waals surface area contributed by atoms with Crippen molar-refractivity contribution < 1.29 is 18.7 Å². The number of aromatic nitrogens is 1. The average molecular weight is 451 g/mol. The predicted molar refractivity (Wildman–Crippen MR) is 114 cm³/mol. The van der Waals surface area contributed by atoms with Gasteiger partial charge in [0.2, 0.25) is 5.91 Å². The summed E-state index contributed by atoms with van der Waals surface area (Å²) in [4.78, 5) is 28.8. The SMILES string of the molecule is COc1ccc(C(=O)CSc2nc(CC(=O)Nc3ccc(F)c(Cl)c3)cs2)cc1. The van der Waals surface area contributed by atoms with Gasteiger partial charge in [-0.25, -0.2) is 9.37 Å². The molecule has 0 radical (unpaired) electrons. The highest BCUT2D eigenvalue weighted by Gasteiger charge is 2.12. The molecule has 1 N–H and O–H groups in total. The lowest BCUT2D eigenvalue weighted by Gasteiger charge is -2.05. The highest BCUT2D eigenvalue weighted by molar-refractivity contribution is 8.01. The molecule has 0 spiro atoms. The molecule has 0 unspecified atom stereocenters. The molecule has 0 fully saturated rings. The third kappa shape index (κ3) is 6.03. The van der Waals surface area contributed by atoms with Gasteiger partial charge in [-0.3, -0.25) is 9.59 Å². The van der Waals surface area contributed by atoms with Crippen LogP contribution in [0.2, 0.25) is 5.02 Å². The van der Waals surface area contributed by atoms with E-state index in [1.165, 1.54) is 41.3 Å². The van der Waals surface area contributed by atoms with Crippen molar-refractivity contribution in [3.63, 3.8) is 0 Å². The normalized spacial score (nSPS) is 10.6. The van der Waals surface area contributed by atoms with Crippen LogP contribution in [-0.4, -0.2) is 29.5 Å². The maximum absolute atomic E-state index is 13.2. The second-order valence-electron chi connectivity index (χ2n) is 5.90. The van der Waals surface area contributed by atoms with Gasteiger partial charge in [0.15, 0.2) is 10.1 Å². The minimum atomic E-state index is -0.546. The standard InChI is InChI=1S/C20H16ClFN2O3S2/c1-27-15-5-2-12(3-6-15)18(25)11-29-20-24-14(10-28-20)9-19(26)23-13-4-7-17(22)16(21)8-13/h2-8,10H,9,11H2,1H3,(H,23,26). The summed E-state index contributed by atoms with van der Waals surface area (Å²) in [6.07, 6.45) is 0.0679. The number of hydrogen-bond donors (Lipinski definition) is 1. The Labute approximate surface area is 180 Å². The lowest BCUT2D eigenvalue weighted by atomic mass is 10.1. The van der Waals surface area contributed by atoms with Crippen molar-refractivity contribution >= 4 is 52.1 Å². The van der Waals surface area contributed by atoms with Crippen molar-refractivity contribution in [1.29, 1.82) is 0 Å². The van der Waals surface area contributed by atoms with Crippen LogP contribution in [-0.2, 0) is 11.2 Å². The second kappa shape index (κ2) is 9.87. The minimum absolute atomic E-state index is 0.0136. The number of ketones is 1. The van der Waals surface area contributed by atoms with Crippen LogP contribution in [0.5, 0.6) is 5.75 Å². The summed E-state index contributed by atoms with van der Waals surface area (Å²) >= 11 is 8.41. The lowest BCUT2D eigenvalue weighted by molar-refractivity contribution is -0.115. The summed E-state index contributed by atoms with van der Waals surface area (Å²) in [6, 6.07) is 10.9. The van der Waals surface area contributed by atoms with Gasteiger partial charge in [0.05, 0.1) is 30.0 Å². The Kier molecular flexibility index (Phi) is 7.24. The fraction of sp³-hybridized carbons (Fsp3) is 0.150. The van der Waals surface area contributed by atoms with Gasteiger partial charge in [0.1, 0.15) is 11.6 Å². The molecule has 1 amide bonds. The third-order valence-electron chi connectivity index (χ3n) is 3.81. The van der Waals surface area contributed by atoms with E-state index < -0.39 is 5.82 Å². The van der Waals surface area contributed by atoms with Crippen molar-refractivity contribution in [1.82, 2.24) is 4.98 Å². The highest BCUT2D eigenvalue weighted by atomic mass is 35.5. The van der Waals surface area contributed by atoms with Crippen LogP contribution in [0.15, 0.2) is 52.2 Å². The first-order chi connectivity index (χ1) is 13.9. The molecule has 3 rings (SSSR count). The number of nitrogens with one attached hydrogen (secondary N) is 1. The molecule has 0 saturated heterocycles. The molecule has 150 valence electrons. The number of nitrogens with zero attached hydrogens (tertiary/aromatic N) is 1. The summed E-state index contributed by atoms with van der Waals surface area (Å²) < 4.78 is 19.0. The zero-order valence-electron chi connectivity index (χ0n) is 15.3. The van der Waals surface area contributed by atoms with Crippen molar-refractivity contribution in [2.75, 3.05) is 18.2 Å². The van der Waals surface area contributed by atoms with Crippen molar-refractivity contribution in [2.24, 2.45) is 0 Å². The summed E-state index contributed by atoms with van der Waals surface area (Å²) in [5, 5.41) is 4.37. The third-order valence-corrected chi connectivity index (χ3v) is 6.17. The van der Waals surface area contributed by atoms with E-state index in [4.69, 9.17) is 16.3 Å². The monoisotopic (exact) mass is 450 g/mol. The van der Waals surface area contributed by atoms with Crippen LogP contribution >= 0.6 is 34.7 Å². The molecule has 0 saturated carbocycles. The van der Waals surface area contributed by atoms with E-state index in [9.17, 15) is 14.0 Å². The van der Waals surface area contributed by atoms with E-state index in [1.807, 2.05) is 0 Å². The first-order valence-corrected chi connectivity index (χ1v) is 10.7. The number of Topliss-reactive ketones (excluding diaryl/α,β-unsaturated/α-hetero) is 1. The van der Waals surface area contributed by atoms with Crippen LogP contribution < -0.4 is 10.1 Å². The van der Waals surface area contributed by atoms with Gasteiger partial charge in [-0.15, -0.1) is 11.3 Å². The number of methoxy groups -OCH3 is 1. The van der Waals surface area contributed by atoms with Crippen molar-refractivity contribution in [2.45, 2.75) is 10.8 Å².